The van der Waals surface area contributed by atoms with E-state index in [0.717, 1.165) is 77.3 Å². The minimum absolute atomic E-state index is 0.389. The van der Waals surface area contributed by atoms with Crippen LogP contribution in [-0.4, -0.2) is 55.0 Å². The second-order valence-electron chi connectivity index (χ2n) is 8.83. The van der Waals surface area contributed by atoms with Crippen LogP contribution in [0.3, 0.4) is 0 Å². The van der Waals surface area contributed by atoms with Gasteiger partial charge < -0.3 is 4.74 Å². The molecule has 30 heavy (non-hydrogen) atoms. The van der Waals surface area contributed by atoms with Crippen molar-refractivity contribution in [1.82, 2.24) is 9.80 Å². The van der Waals surface area contributed by atoms with Crippen LogP contribution in [0.15, 0.2) is 54.6 Å². The minimum atomic E-state index is 0.389. The van der Waals surface area contributed by atoms with E-state index in [2.05, 4.69) is 64.4 Å². The number of hydrogen-bond donors (Lipinski definition) is 0. The lowest BCUT2D eigenvalue weighted by atomic mass is 9.89. The third-order valence-corrected chi connectivity index (χ3v) is 6.38. The molecule has 0 bridgehead atoms. The quantitative estimate of drug-likeness (QED) is 0.665. The van der Waals surface area contributed by atoms with Gasteiger partial charge in [-0.15, -0.1) is 0 Å². The van der Waals surface area contributed by atoms with Crippen molar-refractivity contribution < 1.29 is 9.53 Å². The molecule has 2 aliphatic rings. The van der Waals surface area contributed by atoms with Crippen molar-refractivity contribution in [3.63, 3.8) is 0 Å². The Balaban J connectivity index is 1.21. The summed E-state index contributed by atoms with van der Waals surface area (Å²) < 4.78 is 5.43. The Bertz CT molecular complexity index is 794. The number of rotatable bonds is 8. The smallest absolute Gasteiger partial charge is 0.137 e. The fourth-order valence-electron chi connectivity index (χ4n) is 4.67. The summed E-state index contributed by atoms with van der Waals surface area (Å²) in [7, 11) is 0. The van der Waals surface area contributed by atoms with Crippen molar-refractivity contribution in [2.24, 2.45) is 5.92 Å². The summed E-state index contributed by atoms with van der Waals surface area (Å²) in [6.07, 6.45) is 3.57. The van der Waals surface area contributed by atoms with E-state index in [1.54, 1.807) is 0 Å². The molecule has 0 amide bonds. The van der Waals surface area contributed by atoms with Crippen molar-refractivity contribution in [3.8, 4) is 0 Å². The summed E-state index contributed by atoms with van der Waals surface area (Å²) in [5, 5.41) is 0. The Morgan fingerprint density at radius 3 is 2.20 bits per heavy atom. The van der Waals surface area contributed by atoms with Crippen molar-refractivity contribution in [3.05, 3.63) is 71.3 Å². The zero-order valence-electron chi connectivity index (χ0n) is 18.0. The van der Waals surface area contributed by atoms with E-state index in [1.165, 1.54) is 11.1 Å². The molecule has 0 unspecified atom stereocenters. The van der Waals surface area contributed by atoms with Crippen LogP contribution in [0, 0.1) is 5.92 Å². The number of piperidine rings is 1. The predicted octanol–water partition coefficient (Wildman–Crippen LogP) is 3.93. The highest BCUT2D eigenvalue weighted by molar-refractivity contribution is 5.81. The van der Waals surface area contributed by atoms with Gasteiger partial charge in [0.05, 0.1) is 13.2 Å². The lowest BCUT2D eigenvalue weighted by molar-refractivity contribution is -0.119. The van der Waals surface area contributed by atoms with Gasteiger partial charge in [-0.05, 0) is 48.5 Å². The number of ketones is 1. The van der Waals surface area contributed by atoms with Gasteiger partial charge in [-0.3, -0.25) is 14.6 Å². The van der Waals surface area contributed by atoms with Gasteiger partial charge in [0.2, 0.25) is 0 Å². The van der Waals surface area contributed by atoms with E-state index >= 15 is 0 Å². The molecular weight excluding hydrogens is 372 g/mol. The van der Waals surface area contributed by atoms with Gasteiger partial charge in [-0.25, -0.2) is 0 Å². The molecule has 2 saturated heterocycles. The van der Waals surface area contributed by atoms with Gasteiger partial charge in [0.25, 0.3) is 0 Å². The Morgan fingerprint density at radius 2 is 1.43 bits per heavy atom. The third kappa shape index (κ3) is 6.49. The molecular formula is C26H34N2O2. The number of ether oxygens (including phenoxy) is 1. The average Bonchev–Trinajstić information content (AvgIpc) is 2.77. The normalized spacial score (nSPS) is 19.1. The molecule has 2 heterocycles. The monoisotopic (exact) mass is 406 g/mol. The lowest BCUT2D eigenvalue weighted by Gasteiger charge is -2.31. The maximum Gasteiger partial charge on any atom is 0.137 e. The van der Waals surface area contributed by atoms with E-state index in [4.69, 9.17) is 4.74 Å². The molecule has 2 aromatic carbocycles. The number of hydrogen-bond acceptors (Lipinski definition) is 4. The molecule has 0 saturated carbocycles. The maximum absolute atomic E-state index is 12.7. The SMILES string of the molecule is O=C(Cc1cccc(CN2CCOCC2)c1)CC1CCN(Cc2ccccc2)CC1. The second kappa shape index (κ2) is 10.9. The van der Waals surface area contributed by atoms with Crippen LogP contribution in [0.2, 0.25) is 0 Å². The molecule has 0 aliphatic carbocycles. The first kappa shape index (κ1) is 21.2. The Labute approximate surface area is 180 Å². The van der Waals surface area contributed by atoms with Crippen LogP contribution >= 0.6 is 0 Å². The fraction of sp³-hybridized carbons (Fsp3) is 0.500. The van der Waals surface area contributed by atoms with Crippen molar-refractivity contribution in [2.45, 2.75) is 38.8 Å². The molecule has 2 aromatic rings. The molecule has 0 N–H and O–H groups in total. The van der Waals surface area contributed by atoms with E-state index < -0.39 is 0 Å². The van der Waals surface area contributed by atoms with Crippen LogP contribution in [0.1, 0.15) is 36.0 Å². The first-order valence-corrected chi connectivity index (χ1v) is 11.4. The Morgan fingerprint density at radius 1 is 0.800 bits per heavy atom. The van der Waals surface area contributed by atoms with Crippen LogP contribution in [0.4, 0.5) is 0 Å². The number of nitrogens with zero attached hydrogens (tertiary/aromatic N) is 2. The van der Waals surface area contributed by atoms with Crippen LogP contribution in [0.25, 0.3) is 0 Å². The van der Waals surface area contributed by atoms with Crippen molar-refractivity contribution in [1.29, 1.82) is 0 Å². The molecule has 0 spiro atoms. The summed E-state index contributed by atoms with van der Waals surface area (Å²) in [6, 6.07) is 19.3. The molecule has 0 radical (unpaired) electrons. The first-order valence-electron chi connectivity index (χ1n) is 11.4. The first-order chi connectivity index (χ1) is 14.7. The molecule has 0 atom stereocenters. The maximum atomic E-state index is 12.7. The molecule has 4 nitrogen and oxygen atoms in total. The largest absolute Gasteiger partial charge is 0.379 e. The van der Waals surface area contributed by atoms with Crippen LogP contribution < -0.4 is 0 Å². The third-order valence-electron chi connectivity index (χ3n) is 6.38. The Kier molecular flexibility index (Phi) is 7.68. The van der Waals surface area contributed by atoms with Gasteiger partial charge in [-0.2, -0.15) is 0 Å². The van der Waals surface area contributed by atoms with Crippen LogP contribution in [0.5, 0.6) is 0 Å². The second-order valence-corrected chi connectivity index (χ2v) is 8.83. The van der Waals surface area contributed by atoms with Gasteiger partial charge in [0, 0.05) is 39.0 Å². The highest BCUT2D eigenvalue weighted by Crippen LogP contribution is 2.23. The number of likely N-dealkylation sites (tertiary alicyclic amines) is 1. The predicted molar refractivity (Wildman–Crippen MR) is 120 cm³/mol. The summed E-state index contributed by atoms with van der Waals surface area (Å²) in [5.74, 6) is 0.932. The standard InChI is InChI=1S/C26H34N2O2/c29-26(18-22-9-11-27(12-10-22)20-23-5-2-1-3-6-23)19-24-7-4-8-25(17-24)21-28-13-15-30-16-14-28/h1-8,17,22H,9-16,18-21H2. The molecule has 4 rings (SSSR count). The lowest BCUT2D eigenvalue weighted by Crippen LogP contribution is -2.35. The highest BCUT2D eigenvalue weighted by Gasteiger charge is 2.21. The summed E-state index contributed by atoms with van der Waals surface area (Å²) >= 11 is 0. The van der Waals surface area contributed by atoms with E-state index in [0.29, 0.717) is 18.1 Å². The van der Waals surface area contributed by atoms with Crippen LogP contribution in [-0.2, 0) is 29.0 Å². The zero-order chi connectivity index (χ0) is 20.6. The molecule has 0 aromatic heterocycles. The number of benzene rings is 2. The molecule has 2 aliphatic heterocycles. The van der Waals surface area contributed by atoms with E-state index in [9.17, 15) is 4.79 Å². The van der Waals surface area contributed by atoms with Gasteiger partial charge >= 0.3 is 0 Å². The number of carbonyl (C=O) groups excluding carboxylic acids is 1. The van der Waals surface area contributed by atoms with Gasteiger partial charge in [0.15, 0.2) is 0 Å². The van der Waals surface area contributed by atoms with E-state index in [-0.39, 0.29) is 0 Å². The van der Waals surface area contributed by atoms with Gasteiger partial charge in [0.1, 0.15) is 5.78 Å². The van der Waals surface area contributed by atoms with Crippen molar-refractivity contribution in [2.75, 3.05) is 39.4 Å². The Hall–Kier alpha value is -2.01. The van der Waals surface area contributed by atoms with Crippen molar-refractivity contribution >= 4 is 5.78 Å². The number of carbonyl (C=O) groups is 1. The molecule has 4 heteroatoms. The zero-order valence-corrected chi connectivity index (χ0v) is 18.0. The average molecular weight is 407 g/mol. The number of morpholine rings is 1. The molecule has 2 fully saturated rings. The summed E-state index contributed by atoms with van der Waals surface area (Å²) in [4.78, 5) is 17.7. The fourth-order valence-corrected chi connectivity index (χ4v) is 4.67. The number of Topliss-reactive ketones (excluding diaryl/α,β-unsaturated/α-hetero) is 1. The minimum Gasteiger partial charge on any atom is -0.379 e. The highest BCUT2D eigenvalue weighted by atomic mass is 16.5. The topological polar surface area (TPSA) is 32.8 Å². The van der Waals surface area contributed by atoms with E-state index in [1.807, 2.05) is 0 Å². The van der Waals surface area contributed by atoms with Gasteiger partial charge in [-0.1, -0.05) is 54.6 Å². The summed E-state index contributed by atoms with van der Waals surface area (Å²) in [5.41, 5.74) is 3.84. The molecule has 160 valence electrons. The summed E-state index contributed by atoms with van der Waals surface area (Å²) in [6.45, 7) is 7.80.